The van der Waals surface area contributed by atoms with Gasteiger partial charge < -0.3 is 0 Å². The van der Waals surface area contributed by atoms with Gasteiger partial charge >= 0.3 is 0 Å². The summed E-state index contributed by atoms with van der Waals surface area (Å²) in [6.45, 7) is 0.542. The van der Waals surface area contributed by atoms with Crippen molar-refractivity contribution in [1.82, 2.24) is 25.8 Å². The van der Waals surface area contributed by atoms with E-state index in [4.69, 9.17) is 11.6 Å². The van der Waals surface area contributed by atoms with Gasteiger partial charge in [-0.15, -0.1) is 5.10 Å². The van der Waals surface area contributed by atoms with E-state index < -0.39 is 5.91 Å². The summed E-state index contributed by atoms with van der Waals surface area (Å²) in [4.78, 5) is 24.3. The quantitative estimate of drug-likeness (QED) is 0.486. The summed E-state index contributed by atoms with van der Waals surface area (Å²) in [6, 6.07) is 21.8. The minimum Gasteiger partial charge on any atom is -0.273 e. The lowest BCUT2D eigenvalue weighted by Gasteiger charge is -2.08. The maximum atomic E-state index is 12.3. The number of nitrogens with zero attached hydrogens (tertiary/aromatic N) is 3. The fourth-order valence-corrected chi connectivity index (χ4v) is 3.13. The van der Waals surface area contributed by atoms with Gasteiger partial charge in [-0.1, -0.05) is 53.2 Å². The number of nitrogens with one attached hydrogen (secondary N) is 2. The topological polar surface area (TPSA) is 88.9 Å². The van der Waals surface area contributed by atoms with Crippen LogP contribution in [0.15, 0.2) is 72.8 Å². The molecule has 150 valence electrons. The van der Waals surface area contributed by atoms with E-state index in [2.05, 4.69) is 21.2 Å². The first-order valence-electron chi connectivity index (χ1n) is 9.29. The highest BCUT2D eigenvalue weighted by Crippen LogP contribution is 2.13. The number of fused-ring (bicyclic) bond motifs is 1. The van der Waals surface area contributed by atoms with Crippen LogP contribution in [0.5, 0.6) is 0 Å². The van der Waals surface area contributed by atoms with Gasteiger partial charge in [-0.05, 0) is 47.5 Å². The maximum Gasteiger partial charge on any atom is 0.269 e. The molecule has 0 fully saturated rings. The van der Waals surface area contributed by atoms with Gasteiger partial charge in [-0.25, -0.2) is 4.68 Å². The van der Waals surface area contributed by atoms with Crippen LogP contribution in [0, 0.1) is 0 Å². The van der Waals surface area contributed by atoms with E-state index in [1.807, 2.05) is 36.4 Å². The number of carbonyl (C=O) groups is 2. The van der Waals surface area contributed by atoms with E-state index >= 15 is 0 Å². The lowest BCUT2D eigenvalue weighted by Crippen LogP contribution is -2.42. The summed E-state index contributed by atoms with van der Waals surface area (Å²) in [5.41, 5.74) is 8.85. The molecule has 0 radical (unpaired) electrons. The van der Waals surface area contributed by atoms with Crippen molar-refractivity contribution in [3.8, 4) is 0 Å². The fourth-order valence-electron chi connectivity index (χ4n) is 3.00. The third kappa shape index (κ3) is 4.64. The Morgan fingerprint density at radius 1 is 0.867 bits per heavy atom. The zero-order valence-electron chi connectivity index (χ0n) is 15.9. The molecule has 0 bridgehead atoms. The minimum absolute atomic E-state index is 0.141. The van der Waals surface area contributed by atoms with Crippen molar-refractivity contribution in [3.63, 3.8) is 0 Å². The van der Waals surface area contributed by atoms with Crippen LogP contribution in [0.2, 0.25) is 5.02 Å². The largest absolute Gasteiger partial charge is 0.273 e. The smallest absolute Gasteiger partial charge is 0.269 e. The molecule has 0 atom stereocenters. The van der Waals surface area contributed by atoms with E-state index in [0.29, 0.717) is 17.1 Å². The Kier molecular flexibility index (Phi) is 5.72. The molecule has 0 saturated heterocycles. The van der Waals surface area contributed by atoms with Gasteiger partial charge in [0, 0.05) is 10.6 Å². The molecule has 0 saturated carbocycles. The van der Waals surface area contributed by atoms with Crippen LogP contribution in [0.1, 0.15) is 21.5 Å². The summed E-state index contributed by atoms with van der Waals surface area (Å²) in [5, 5.41) is 8.91. The summed E-state index contributed by atoms with van der Waals surface area (Å²) in [7, 11) is 0. The number of hydrogen-bond acceptors (Lipinski definition) is 4. The van der Waals surface area contributed by atoms with Gasteiger partial charge in [0.25, 0.3) is 5.91 Å². The first-order valence-corrected chi connectivity index (χ1v) is 9.67. The van der Waals surface area contributed by atoms with E-state index in [0.717, 1.165) is 22.2 Å². The van der Waals surface area contributed by atoms with E-state index in [-0.39, 0.29) is 12.3 Å². The molecule has 2 N–H and O–H groups in total. The van der Waals surface area contributed by atoms with Crippen LogP contribution in [0.4, 0.5) is 0 Å². The second kappa shape index (κ2) is 8.75. The molecule has 3 aromatic carbocycles. The molecule has 8 heteroatoms. The number of benzene rings is 3. The van der Waals surface area contributed by atoms with Crippen LogP contribution in [-0.2, 0) is 17.8 Å². The summed E-state index contributed by atoms with van der Waals surface area (Å²) >= 11 is 5.83. The average molecular weight is 420 g/mol. The molecule has 0 aliphatic rings. The number of hydrogen-bond donors (Lipinski definition) is 2. The molecule has 2 amide bonds. The van der Waals surface area contributed by atoms with Crippen LogP contribution < -0.4 is 10.9 Å². The van der Waals surface area contributed by atoms with Crippen molar-refractivity contribution >= 4 is 34.4 Å². The van der Waals surface area contributed by atoms with Crippen molar-refractivity contribution in [1.29, 1.82) is 0 Å². The highest BCUT2D eigenvalue weighted by Gasteiger charge is 2.09. The van der Waals surface area contributed by atoms with Gasteiger partial charge in [-0.3, -0.25) is 20.4 Å². The third-order valence-corrected chi connectivity index (χ3v) is 4.81. The maximum absolute atomic E-state index is 12.3. The Bertz CT molecular complexity index is 1190. The summed E-state index contributed by atoms with van der Waals surface area (Å²) in [5.74, 6) is -0.711. The lowest BCUT2D eigenvalue weighted by molar-refractivity contribution is -0.121. The summed E-state index contributed by atoms with van der Waals surface area (Å²) < 4.78 is 1.81. The molecule has 4 rings (SSSR count). The first-order chi connectivity index (χ1) is 14.6. The Morgan fingerprint density at radius 3 is 2.33 bits per heavy atom. The number of para-hydroxylation sites is 1. The molecule has 0 aliphatic carbocycles. The van der Waals surface area contributed by atoms with Crippen molar-refractivity contribution in [2.24, 2.45) is 0 Å². The Hall–Kier alpha value is -3.71. The molecule has 1 heterocycles. The standard InChI is InChI=1S/C22H18ClN5O2/c23-18-11-7-15(8-12-18)13-21(29)25-26-22(30)17-9-5-16(6-10-17)14-28-20-4-2-1-3-19(20)24-27-28/h1-12H,13-14H2,(H,25,29)(H,26,30). The monoisotopic (exact) mass is 419 g/mol. The Balaban J connectivity index is 1.32. The molecule has 30 heavy (non-hydrogen) atoms. The van der Waals surface area contributed by atoms with Crippen molar-refractivity contribution in [2.45, 2.75) is 13.0 Å². The highest BCUT2D eigenvalue weighted by molar-refractivity contribution is 6.30. The predicted molar refractivity (Wildman–Crippen MR) is 114 cm³/mol. The lowest BCUT2D eigenvalue weighted by atomic mass is 10.1. The van der Waals surface area contributed by atoms with Crippen molar-refractivity contribution in [3.05, 3.63) is 94.5 Å². The molecule has 1 aromatic heterocycles. The predicted octanol–water partition coefficient (Wildman–Crippen LogP) is 3.14. The molecular formula is C22H18ClN5O2. The second-order valence-electron chi connectivity index (χ2n) is 6.74. The molecule has 7 nitrogen and oxygen atoms in total. The van der Waals surface area contributed by atoms with Crippen LogP contribution in [0.3, 0.4) is 0 Å². The van der Waals surface area contributed by atoms with Crippen LogP contribution >= 0.6 is 11.6 Å². The molecule has 4 aromatic rings. The fraction of sp³-hybridized carbons (Fsp3) is 0.0909. The summed E-state index contributed by atoms with van der Waals surface area (Å²) in [6.07, 6.45) is 0.141. The first kappa shape index (κ1) is 19.6. The molecule has 0 aliphatic heterocycles. The van der Waals surface area contributed by atoms with E-state index in [9.17, 15) is 9.59 Å². The average Bonchev–Trinajstić information content (AvgIpc) is 3.17. The zero-order chi connectivity index (χ0) is 20.9. The van der Waals surface area contributed by atoms with Gasteiger partial charge in [-0.2, -0.15) is 0 Å². The SMILES string of the molecule is O=C(Cc1ccc(Cl)cc1)NNC(=O)c1ccc(Cn2nnc3ccccc32)cc1. The van der Waals surface area contributed by atoms with Crippen molar-refractivity contribution < 1.29 is 9.59 Å². The Labute approximate surface area is 177 Å². The zero-order valence-corrected chi connectivity index (χ0v) is 16.6. The minimum atomic E-state index is -0.391. The van der Waals surface area contributed by atoms with Gasteiger partial charge in [0.2, 0.25) is 5.91 Å². The number of rotatable bonds is 5. The number of aromatic nitrogens is 3. The van der Waals surface area contributed by atoms with E-state index in [1.165, 1.54) is 0 Å². The number of carbonyl (C=O) groups excluding carboxylic acids is 2. The number of hydrazine groups is 1. The van der Waals surface area contributed by atoms with Gasteiger partial charge in [0.15, 0.2) is 0 Å². The van der Waals surface area contributed by atoms with Gasteiger partial charge in [0.1, 0.15) is 5.52 Å². The highest BCUT2D eigenvalue weighted by atomic mass is 35.5. The number of halogens is 1. The third-order valence-electron chi connectivity index (χ3n) is 4.56. The van der Waals surface area contributed by atoms with E-state index in [1.54, 1.807) is 41.1 Å². The Morgan fingerprint density at radius 2 is 1.57 bits per heavy atom. The van der Waals surface area contributed by atoms with Gasteiger partial charge in [0.05, 0.1) is 18.5 Å². The molecule has 0 spiro atoms. The molecular weight excluding hydrogens is 402 g/mol. The van der Waals surface area contributed by atoms with Crippen LogP contribution in [0.25, 0.3) is 11.0 Å². The number of amides is 2. The molecule has 0 unspecified atom stereocenters. The van der Waals surface area contributed by atoms with Crippen molar-refractivity contribution in [2.75, 3.05) is 0 Å². The normalized spacial score (nSPS) is 10.7. The van der Waals surface area contributed by atoms with Crippen LogP contribution in [-0.4, -0.2) is 26.8 Å². The second-order valence-corrected chi connectivity index (χ2v) is 7.17.